The van der Waals surface area contributed by atoms with Crippen molar-refractivity contribution in [2.45, 2.75) is 12.8 Å². The van der Waals surface area contributed by atoms with Crippen LogP contribution in [0.15, 0.2) is 24.3 Å². The predicted molar refractivity (Wildman–Crippen MR) is 70.2 cm³/mol. The predicted octanol–water partition coefficient (Wildman–Crippen LogP) is 2.67. The highest BCUT2D eigenvalue weighted by Crippen LogP contribution is 2.17. The molecule has 1 aromatic rings. The van der Waals surface area contributed by atoms with Gasteiger partial charge in [-0.2, -0.15) is 0 Å². The first-order chi connectivity index (χ1) is 7.34. The third kappa shape index (κ3) is 3.65. The first kappa shape index (κ1) is 11.2. The Labute approximate surface area is 105 Å². The topological polar surface area (TPSA) is 21.3 Å². The molecule has 2 nitrogen and oxygen atoms in total. The van der Waals surface area contributed by atoms with Crippen molar-refractivity contribution in [3.63, 3.8) is 0 Å². The van der Waals surface area contributed by atoms with Crippen LogP contribution in [-0.2, 0) is 0 Å². The van der Waals surface area contributed by atoms with Gasteiger partial charge in [0, 0.05) is 16.0 Å². The van der Waals surface area contributed by atoms with E-state index >= 15 is 0 Å². The summed E-state index contributed by atoms with van der Waals surface area (Å²) in [7, 11) is 0. The molecule has 3 heteroatoms. The Morgan fingerprint density at radius 3 is 3.13 bits per heavy atom. The molecule has 0 radical (unpaired) electrons. The number of benzene rings is 1. The fourth-order valence-electron chi connectivity index (χ4n) is 1.84. The van der Waals surface area contributed by atoms with E-state index in [1.807, 2.05) is 12.1 Å². The number of ether oxygens (including phenoxy) is 1. The summed E-state index contributed by atoms with van der Waals surface area (Å²) in [5.41, 5.74) is 0. The third-order valence-corrected chi connectivity index (χ3v) is 3.35. The van der Waals surface area contributed by atoms with Crippen molar-refractivity contribution >= 4 is 22.6 Å². The van der Waals surface area contributed by atoms with Crippen LogP contribution in [0.1, 0.15) is 12.8 Å². The van der Waals surface area contributed by atoms with E-state index in [1.165, 1.54) is 23.0 Å². The van der Waals surface area contributed by atoms with E-state index in [1.54, 1.807) is 0 Å². The Kier molecular flexibility index (Phi) is 4.26. The van der Waals surface area contributed by atoms with Gasteiger partial charge in [-0.05, 0) is 60.2 Å². The van der Waals surface area contributed by atoms with E-state index in [-0.39, 0.29) is 0 Å². The van der Waals surface area contributed by atoms with Crippen LogP contribution in [0.2, 0.25) is 0 Å². The molecule has 15 heavy (non-hydrogen) atoms. The Bertz CT molecular complexity index is 310. The second-order valence-electron chi connectivity index (χ2n) is 3.98. The SMILES string of the molecule is Ic1cccc(OCC2CCCNC2)c1. The lowest BCUT2D eigenvalue weighted by Crippen LogP contribution is -2.33. The maximum absolute atomic E-state index is 5.78. The first-order valence-corrected chi connectivity index (χ1v) is 6.51. The highest BCUT2D eigenvalue weighted by atomic mass is 127. The van der Waals surface area contributed by atoms with E-state index in [4.69, 9.17) is 4.74 Å². The van der Waals surface area contributed by atoms with E-state index < -0.39 is 0 Å². The summed E-state index contributed by atoms with van der Waals surface area (Å²) in [6, 6.07) is 8.22. The lowest BCUT2D eigenvalue weighted by atomic mass is 10.0. The quantitative estimate of drug-likeness (QED) is 0.866. The zero-order valence-corrected chi connectivity index (χ0v) is 10.9. The summed E-state index contributed by atoms with van der Waals surface area (Å²) in [6.45, 7) is 3.11. The highest BCUT2D eigenvalue weighted by molar-refractivity contribution is 14.1. The fourth-order valence-corrected chi connectivity index (χ4v) is 2.35. The Morgan fingerprint density at radius 2 is 2.40 bits per heavy atom. The van der Waals surface area contributed by atoms with Gasteiger partial charge in [0.2, 0.25) is 0 Å². The van der Waals surface area contributed by atoms with Crippen molar-refractivity contribution in [3.05, 3.63) is 27.8 Å². The van der Waals surface area contributed by atoms with Crippen LogP contribution >= 0.6 is 22.6 Å². The molecule has 0 saturated carbocycles. The minimum atomic E-state index is 0.677. The molecule has 1 N–H and O–H groups in total. The van der Waals surface area contributed by atoms with Gasteiger partial charge in [-0.15, -0.1) is 0 Å². The Morgan fingerprint density at radius 1 is 1.47 bits per heavy atom. The van der Waals surface area contributed by atoms with E-state index in [2.05, 4.69) is 40.0 Å². The molecule has 82 valence electrons. The van der Waals surface area contributed by atoms with Gasteiger partial charge < -0.3 is 10.1 Å². The zero-order chi connectivity index (χ0) is 10.5. The fraction of sp³-hybridized carbons (Fsp3) is 0.500. The molecule has 1 atom stereocenters. The van der Waals surface area contributed by atoms with Crippen LogP contribution in [0.4, 0.5) is 0 Å². The van der Waals surface area contributed by atoms with Crippen LogP contribution in [0.5, 0.6) is 5.75 Å². The van der Waals surface area contributed by atoms with Gasteiger partial charge in [-0.25, -0.2) is 0 Å². The average molecular weight is 317 g/mol. The minimum absolute atomic E-state index is 0.677. The number of piperidine rings is 1. The average Bonchev–Trinajstić information content (AvgIpc) is 2.28. The number of rotatable bonds is 3. The summed E-state index contributed by atoms with van der Waals surface area (Å²) >= 11 is 2.31. The number of nitrogens with one attached hydrogen (secondary N) is 1. The van der Waals surface area contributed by atoms with Gasteiger partial charge in [0.05, 0.1) is 6.61 Å². The van der Waals surface area contributed by atoms with Crippen LogP contribution in [0, 0.1) is 9.49 Å². The lowest BCUT2D eigenvalue weighted by molar-refractivity contribution is 0.218. The van der Waals surface area contributed by atoms with Gasteiger partial charge in [-0.3, -0.25) is 0 Å². The summed E-state index contributed by atoms with van der Waals surface area (Å²) in [4.78, 5) is 0. The van der Waals surface area contributed by atoms with Gasteiger partial charge in [0.15, 0.2) is 0 Å². The van der Waals surface area contributed by atoms with Gasteiger partial charge in [0.1, 0.15) is 5.75 Å². The molecule has 1 unspecified atom stereocenters. The second-order valence-corrected chi connectivity index (χ2v) is 5.23. The summed E-state index contributed by atoms with van der Waals surface area (Å²) in [6.07, 6.45) is 2.57. The molecular formula is C12H16INO. The van der Waals surface area contributed by atoms with Gasteiger partial charge >= 0.3 is 0 Å². The molecule has 0 aliphatic carbocycles. The summed E-state index contributed by atoms with van der Waals surface area (Å²) < 4.78 is 7.01. The van der Waals surface area contributed by atoms with Crippen molar-refractivity contribution < 1.29 is 4.74 Å². The number of halogens is 1. The lowest BCUT2D eigenvalue weighted by Gasteiger charge is -2.22. The molecule has 0 spiro atoms. The van der Waals surface area contributed by atoms with E-state index in [0.29, 0.717) is 5.92 Å². The molecule has 1 aliphatic heterocycles. The third-order valence-electron chi connectivity index (χ3n) is 2.68. The number of hydrogen-bond donors (Lipinski definition) is 1. The van der Waals surface area contributed by atoms with Crippen molar-refractivity contribution in [2.24, 2.45) is 5.92 Å². The van der Waals surface area contributed by atoms with Crippen LogP contribution in [0.25, 0.3) is 0 Å². The largest absolute Gasteiger partial charge is 0.493 e. The second kappa shape index (κ2) is 5.70. The maximum atomic E-state index is 5.78. The van der Waals surface area contributed by atoms with Crippen molar-refractivity contribution in [1.82, 2.24) is 5.32 Å². The molecule has 1 heterocycles. The summed E-state index contributed by atoms with van der Waals surface area (Å²) in [5.74, 6) is 1.67. The molecule has 0 aromatic heterocycles. The van der Waals surface area contributed by atoms with Gasteiger partial charge in [0.25, 0.3) is 0 Å². The molecule has 1 aromatic carbocycles. The molecule has 1 aliphatic rings. The highest BCUT2D eigenvalue weighted by Gasteiger charge is 2.13. The van der Waals surface area contributed by atoms with Crippen molar-refractivity contribution in [2.75, 3.05) is 19.7 Å². The molecule has 1 fully saturated rings. The maximum Gasteiger partial charge on any atom is 0.120 e. The summed E-state index contributed by atoms with van der Waals surface area (Å²) in [5, 5.41) is 3.40. The Hall–Kier alpha value is -0.290. The molecule has 1 saturated heterocycles. The van der Waals surface area contributed by atoms with Crippen molar-refractivity contribution in [3.8, 4) is 5.75 Å². The van der Waals surface area contributed by atoms with Crippen LogP contribution in [-0.4, -0.2) is 19.7 Å². The van der Waals surface area contributed by atoms with Gasteiger partial charge in [-0.1, -0.05) is 6.07 Å². The molecule has 0 amide bonds. The molecule has 0 bridgehead atoms. The molecular weight excluding hydrogens is 301 g/mol. The molecule has 2 rings (SSSR count). The smallest absolute Gasteiger partial charge is 0.120 e. The van der Waals surface area contributed by atoms with E-state index in [0.717, 1.165) is 18.9 Å². The minimum Gasteiger partial charge on any atom is -0.493 e. The zero-order valence-electron chi connectivity index (χ0n) is 8.71. The first-order valence-electron chi connectivity index (χ1n) is 5.44. The van der Waals surface area contributed by atoms with Crippen LogP contribution < -0.4 is 10.1 Å². The normalized spacial score (nSPS) is 21.3. The van der Waals surface area contributed by atoms with Crippen molar-refractivity contribution in [1.29, 1.82) is 0 Å². The van der Waals surface area contributed by atoms with E-state index in [9.17, 15) is 0 Å². The Balaban J connectivity index is 1.81. The van der Waals surface area contributed by atoms with Crippen LogP contribution in [0.3, 0.4) is 0 Å². The monoisotopic (exact) mass is 317 g/mol. The standard InChI is InChI=1S/C12H16INO/c13-11-4-1-5-12(7-11)15-9-10-3-2-6-14-8-10/h1,4-5,7,10,14H,2-3,6,8-9H2. The number of hydrogen-bond acceptors (Lipinski definition) is 2.